The summed E-state index contributed by atoms with van der Waals surface area (Å²) in [6, 6.07) is 0.111. The van der Waals surface area contributed by atoms with E-state index in [-0.39, 0.29) is 24.2 Å². The van der Waals surface area contributed by atoms with Gasteiger partial charge in [-0.2, -0.15) is 0 Å². The van der Waals surface area contributed by atoms with Crippen LogP contribution in [0.1, 0.15) is 33.6 Å². The topological polar surface area (TPSA) is 61.8 Å². The van der Waals surface area contributed by atoms with Crippen LogP contribution < -0.4 is 5.32 Å². The molecule has 1 fully saturated rings. The normalized spacial score (nSPS) is 25.1. The van der Waals surface area contributed by atoms with Crippen LogP contribution in [0.4, 0.5) is 4.79 Å². The summed E-state index contributed by atoms with van der Waals surface area (Å²) in [4.78, 5) is 13.6. The van der Waals surface area contributed by atoms with Gasteiger partial charge < -0.3 is 15.2 Å². The van der Waals surface area contributed by atoms with Gasteiger partial charge in [-0.15, -0.1) is 0 Å². The number of nitrogens with one attached hydrogen (secondary N) is 1. The number of aliphatic hydroxyl groups is 1. The van der Waals surface area contributed by atoms with E-state index in [1.165, 1.54) is 7.11 Å². The number of carbonyl (C=O) groups is 1. The molecule has 1 saturated heterocycles. The summed E-state index contributed by atoms with van der Waals surface area (Å²) in [7, 11) is 1.39. The van der Waals surface area contributed by atoms with Crippen molar-refractivity contribution in [1.82, 2.24) is 10.2 Å². The van der Waals surface area contributed by atoms with Gasteiger partial charge in [-0.05, 0) is 24.2 Å². The van der Waals surface area contributed by atoms with Crippen molar-refractivity contribution < 1.29 is 14.6 Å². The highest BCUT2D eigenvalue weighted by atomic mass is 16.5. The number of hydrogen-bond acceptors (Lipinski definition) is 4. The van der Waals surface area contributed by atoms with Gasteiger partial charge in [-0.1, -0.05) is 20.8 Å². The molecule has 5 heteroatoms. The third kappa shape index (κ3) is 6.25. The highest BCUT2D eigenvalue weighted by molar-refractivity contribution is 5.67. The molecule has 0 bridgehead atoms. The largest absolute Gasteiger partial charge is 0.453 e. The summed E-state index contributed by atoms with van der Waals surface area (Å²) in [6.07, 6.45) is 1.73. The molecule has 1 heterocycles. The minimum absolute atomic E-state index is 0.111. The predicted octanol–water partition coefficient (Wildman–Crippen LogP) is 1.46. The van der Waals surface area contributed by atoms with Gasteiger partial charge in [-0.3, -0.25) is 4.90 Å². The minimum atomic E-state index is -0.370. The van der Waals surface area contributed by atoms with Gasteiger partial charge in [0, 0.05) is 25.7 Å². The Kier molecular flexibility index (Phi) is 6.07. The fourth-order valence-electron chi connectivity index (χ4n) is 2.97. The summed E-state index contributed by atoms with van der Waals surface area (Å²) in [6.45, 7) is 9.32. The number of alkyl carbamates (subject to hydrolysis) is 1. The van der Waals surface area contributed by atoms with Crippen molar-refractivity contribution in [2.24, 2.45) is 11.3 Å². The van der Waals surface area contributed by atoms with Crippen LogP contribution in [0.3, 0.4) is 0 Å². The van der Waals surface area contributed by atoms with Crippen LogP contribution in [0.15, 0.2) is 0 Å². The second kappa shape index (κ2) is 7.10. The fraction of sp³-hybridized carbons (Fsp3) is 0.929. The van der Waals surface area contributed by atoms with Crippen molar-refractivity contribution in [2.75, 3.05) is 33.4 Å². The Bertz CT molecular complexity index is 289. The lowest BCUT2D eigenvalue weighted by Crippen LogP contribution is -2.51. The second-order valence-corrected chi connectivity index (χ2v) is 6.68. The lowest BCUT2D eigenvalue weighted by atomic mass is 9.80. The lowest BCUT2D eigenvalue weighted by Gasteiger charge is -2.39. The van der Waals surface area contributed by atoms with E-state index in [0.29, 0.717) is 12.5 Å². The molecule has 112 valence electrons. The van der Waals surface area contributed by atoms with Gasteiger partial charge in [-0.25, -0.2) is 4.79 Å². The van der Waals surface area contributed by atoms with Crippen molar-refractivity contribution in [3.05, 3.63) is 0 Å². The number of likely N-dealkylation sites (tertiary alicyclic amines) is 1. The van der Waals surface area contributed by atoms with E-state index in [1.54, 1.807) is 0 Å². The minimum Gasteiger partial charge on any atom is -0.453 e. The third-order valence-corrected chi connectivity index (χ3v) is 3.44. The Balaban J connectivity index is 2.59. The number of piperidine rings is 1. The van der Waals surface area contributed by atoms with Crippen molar-refractivity contribution in [2.45, 2.75) is 39.7 Å². The van der Waals surface area contributed by atoms with E-state index in [2.05, 4.69) is 35.7 Å². The van der Waals surface area contributed by atoms with Crippen LogP contribution in [0.25, 0.3) is 0 Å². The smallest absolute Gasteiger partial charge is 0.407 e. The number of carbonyl (C=O) groups excluding carboxylic acids is 1. The highest BCUT2D eigenvalue weighted by Crippen LogP contribution is 2.30. The van der Waals surface area contributed by atoms with E-state index >= 15 is 0 Å². The molecule has 1 aliphatic rings. The van der Waals surface area contributed by atoms with Gasteiger partial charge in [0.1, 0.15) is 0 Å². The van der Waals surface area contributed by atoms with Crippen molar-refractivity contribution in [3.63, 3.8) is 0 Å². The molecule has 0 aromatic carbocycles. The van der Waals surface area contributed by atoms with Crippen molar-refractivity contribution in [1.29, 1.82) is 0 Å². The maximum Gasteiger partial charge on any atom is 0.407 e. The van der Waals surface area contributed by atoms with E-state index in [1.807, 2.05) is 0 Å². The summed E-state index contributed by atoms with van der Waals surface area (Å²) in [5, 5.41) is 12.0. The maximum atomic E-state index is 11.3. The molecule has 1 amide bonds. The lowest BCUT2D eigenvalue weighted by molar-refractivity contribution is 0.0918. The number of methoxy groups -OCH3 is 1. The summed E-state index contributed by atoms with van der Waals surface area (Å²) >= 11 is 0. The Morgan fingerprint density at radius 2 is 2.11 bits per heavy atom. The number of ether oxygens (including phenoxy) is 1. The predicted molar refractivity (Wildman–Crippen MR) is 75.0 cm³/mol. The Labute approximate surface area is 116 Å². The molecule has 0 saturated carbocycles. The monoisotopic (exact) mass is 272 g/mol. The van der Waals surface area contributed by atoms with Crippen molar-refractivity contribution >= 4 is 6.09 Å². The molecule has 1 rings (SSSR count). The van der Waals surface area contributed by atoms with Crippen LogP contribution in [-0.2, 0) is 4.74 Å². The van der Waals surface area contributed by atoms with E-state index in [0.717, 1.165) is 25.9 Å². The first kappa shape index (κ1) is 16.2. The van der Waals surface area contributed by atoms with E-state index < -0.39 is 0 Å². The third-order valence-electron chi connectivity index (χ3n) is 3.44. The van der Waals surface area contributed by atoms with Crippen LogP contribution in [0.5, 0.6) is 0 Å². The summed E-state index contributed by atoms with van der Waals surface area (Å²) in [5.74, 6) is 0.544. The number of aliphatic hydroxyl groups excluding tert-OH is 1. The first-order chi connectivity index (χ1) is 8.84. The standard InChI is InChI=1S/C14H28N2O3/c1-14(2,3)8-11-7-12(15-13(18)19-4)10-16(9-11)5-6-17/h11-12,17H,5-10H2,1-4H3,(H,15,18). The first-order valence-electron chi connectivity index (χ1n) is 7.01. The van der Waals surface area contributed by atoms with Crippen LogP contribution in [0.2, 0.25) is 0 Å². The molecule has 2 unspecified atom stereocenters. The van der Waals surface area contributed by atoms with Gasteiger partial charge >= 0.3 is 6.09 Å². The molecule has 2 atom stereocenters. The molecule has 0 aliphatic carbocycles. The van der Waals surface area contributed by atoms with Crippen molar-refractivity contribution in [3.8, 4) is 0 Å². The van der Waals surface area contributed by atoms with Gasteiger partial charge in [0.2, 0.25) is 0 Å². The second-order valence-electron chi connectivity index (χ2n) is 6.68. The molecule has 0 aromatic heterocycles. The molecule has 2 N–H and O–H groups in total. The Morgan fingerprint density at radius 1 is 1.42 bits per heavy atom. The molecule has 0 aromatic rings. The SMILES string of the molecule is COC(=O)NC1CC(CC(C)(C)C)CN(CCO)C1. The number of hydrogen-bond donors (Lipinski definition) is 2. The van der Waals surface area contributed by atoms with Gasteiger partial charge in [0.05, 0.1) is 13.7 Å². The van der Waals surface area contributed by atoms with E-state index in [9.17, 15) is 4.79 Å². The molecule has 19 heavy (non-hydrogen) atoms. The average Bonchev–Trinajstić information content (AvgIpc) is 2.26. The Morgan fingerprint density at radius 3 is 2.63 bits per heavy atom. The maximum absolute atomic E-state index is 11.3. The molecular formula is C14H28N2O3. The fourth-order valence-corrected chi connectivity index (χ4v) is 2.97. The van der Waals surface area contributed by atoms with Gasteiger partial charge in [0.25, 0.3) is 0 Å². The zero-order valence-corrected chi connectivity index (χ0v) is 12.6. The quantitative estimate of drug-likeness (QED) is 0.813. The molecular weight excluding hydrogens is 244 g/mol. The van der Waals surface area contributed by atoms with Gasteiger partial charge in [0.15, 0.2) is 0 Å². The summed E-state index contributed by atoms with van der Waals surface area (Å²) < 4.78 is 4.67. The molecule has 1 aliphatic heterocycles. The number of nitrogens with zero attached hydrogens (tertiary/aromatic N) is 1. The molecule has 5 nitrogen and oxygen atoms in total. The Hall–Kier alpha value is -0.810. The van der Waals surface area contributed by atoms with E-state index in [4.69, 9.17) is 5.11 Å². The first-order valence-corrected chi connectivity index (χ1v) is 7.01. The summed E-state index contributed by atoms with van der Waals surface area (Å²) in [5.41, 5.74) is 0.280. The molecule has 0 radical (unpaired) electrons. The van der Waals surface area contributed by atoms with Crippen LogP contribution >= 0.6 is 0 Å². The zero-order valence-electron chi connectivity index (χ0n) is 12.6. The average molecular weight is 272 g/mol. The van der Waals surface area contributed by atoms with Crippen LogP contribution in [-0.4, -0.2) is 55.5 Å². The van der Waals surface area contributed by atoms with Crippen LogP contribution in [0, 0.1) is 11.3 Å². The zero-order chi connectivity index (χ0) is 14.5. The number of amides is 1. The molecule has 0 spiro atoms. The number of rotatable bonds is 4. The highest BCUT2D eigenvalue weighted by Gasteiger charge is 2.30. The number of β-amino-alcohol motifs (C(OH)–C–C–N with tert-alkyl or cyclic N) is 1.